The third-order valence-corrected chi connectivity index (χ3v) is 4.11. The molecule has 0 heterocycles. The maximum atomic E-state index is 12.5. The predicted molar refractivity (Wildman–Crippen MR) is 78.4 cm³/mol. The van der Waals surface area contributed by atoms with Crippen LogP contribution in [0.2, 0.25) is 0 Å². The molecule has 0 bridgehead atoms. The lowest BCUT2D eigenvalue weighted by molar-refractivity contribution is -0.142. The van der Waals surface area contributed by atoms with Crippen molar-refractivity contribution in [3.8, 4) is 0 Å². The van der Waals surface area contributed by atoms with Crippen molar-refractivity contribution >= 4 is 23.1 Å². The Balaban J connectivity index is 2.54. The summed E-state index contributed by atoms with van der Waals surface area (Å²) in [5, 5.41) is 0. The van der Waals surface area contributed by atoms with Gasteiger partial charge >= 0.3 is 0 Å². The van der Waals surface area contributed by atoms with Crippen molar-refractivity contribution in [1.29, 1.82) is 0 Å². The van der Waals surface area contributed by atoms with E-state index in [0.29, 0.717) is 10.9 Å². The summed E-state index contributed by atoms with van der Waals surface area (Å²) in [5.41, 5.74) is 5.23. The molecule has 0 atom stereocenters. The van der Waals surface area contributed by atoms with Crippen molar-refractivity contribution in [3.05, 3.63) is 0 Å². The zero-order chi connectivity index (χ0) is 13.9. The van der Waals surface area contributed by atoms with E-state index in [2.05, 4.69) is 11.8 Å². The third kappa shape index (κ3) is 3.20. The number of nitrogens with zero attached hydrogens (tertiary/aromatic N) is 2. The molecule has 1 saturated carbocycles. The minimum Gasteiger partial charge on any atom is -0.392 e. The molecule has 0 saturated heterocycles. The summed E-state index contributed by atoms with van der Waals surface area (Å²) >= 11 is 5.11. The van der Waals surface area contributed by atoms with Crippen LogP contribution in [0.5, 0.6) is 0 Å². The summed E-state index contributed by atoms with van der Waals surface area (Å²) in [6.45, 7) is 3.87. The standard InChI is InChI=1S/C13H25N3OS/c1-10-8-13(9-10,11(14)18)12(17)16(4)7-5-6-15(2)3/h10H,5-9H2,1-4H3,(H2,14,18). The molecule has 2 N–H and O–H groups in total. The number of nitrogens with two attached hydrogens (primary N) is 1. The minimum atomic E-state index is -0.554. The lowest BCUT2D eigenvalue weighted by atomic mass is 9.61. The van der Waals surface area contributed by atoms with Gasteiger partial charge in [-0.2, -0.15) is 0 Å². The van der Waals surface area contributed by atoms with Crippen molar-refractivity contribution in [2.75, 3.05) is 34.2 Å². The summed E-state index contributed by atoms with van der Waals surface area (Å²) in [4.78, 5) is 16.7. The smallest absolute Gasteiger partial charge is 0.235 e. The van der Waals surface area contributed by atoms with Gasteiger partial charge in [-0.1, -0.05) is 19.1 Å². The van der Waals surface area contributed by atoms with Crippen LogP contribution in [0.4, 0.5) is 0 Å². The molecular formula is C13H25N3OS. The van der Waals surface area contributed by atoms with Crippen molar-refractivity contribution in [2.24, 2.45) is 17.1 Å². The van der Waals surface area contributed by atoms with Crippen LogP contribution in [0.25, 0.3) is 0 Å². The van der Waals surface area contributed by atoms with Crippen LogP contribution in [-0.2, 0) is 4.79 Å². The van der Waals surface area contributed by atoms with E-state index >= 15 is 0 Å². The summed E-state index contributed by atoms with van der Waals surface area (Å²) < 4.78 is 0. The Bertz CT molecular complexity index is 324. The van der Waals surface area contributed by atoms with Gasteiger partial charge in [-0.05, 0) is 45.8 Å². The lowest BCUT2D eigenvalue weighted by Gasteiger charge is -2.46. The first-order chi connectivity index (χ1) is 8.29. The summed E-state index contributed by atoms with van der Waals surface area (Å²) in [5.74, 6) is 0.650. The Morgan fingerprint density at radius 1 is 1.33 bits per heavy atom. The largest absolute Gasteiger partial charge is 0.392 e. The van der Waals surface area contributed by atoms with Gasteiger partial charge in [0.1, 0.15) is 0 Å². The molecule has 0 unspecified atom stereocenters. The van der Waals surface area contributed by atoms with Gasteiger partial charge in [-0.15, -0.1) is 0 Å². The molecule has 1 aliphatic rings. The molecule has 4 nitrogen and oxygen atoms in total. The van der Waals surface area contributed by atoms with E-state index < -0.39 is 5.41 Å². The fraction of sp³-hybridized carbons (Fsp3) is 0.846. The van der Waals surface area contributed by atoms with Crippen molar-refractivity contribution < 1.29 is 4.79 Å². The highest BCUT2D eigenvalue weighted by Crippen LogP contribution is 2.46. The van der Waals surface area contributed by atoms with Gasteiger partial charge in [-0.25, -0.2) is 0 Å². The van der Waals surface area contributed by atoms with Crippen molar-refractivity contribution in [3.63, 3.8) is 0 Å². The highest BCUT2D eigenvalue weighted by Gasteiger charge is 2.51. The Labute approximate surface area is 115 Å². The van der Waals surface area contributed by atoms with Crippen LogP contribution >= 0.6 is 12.2 Å². The Morgan fingerprint density at radius 2 is 1.89 bits per heavy atom. The van der Waals surface area contributed by atoms with Gasteiger partial charge in [0.05, 0.1) is 10.4 Å². The number of hydrogen-bond acceptors (Lipinski definition) is 3. The van der Waals surface area contributed by atoms with Gasteiger partial charge in [0.2, 0.25) is 5.91 Å². The highest BCUT2D eigenvalue weighted by atomic mass is 32.1. The van der Waals surface area contributed by atoms with Gasteiger partial charge < -0.3 is 15.5 Å². The van der Waals surface area contributed by atoms with Crippen LogP contribution in [-0.4, -0.2) is 54.9 Å². The Hall–Kier alpha value is -0.680. The lowest BCUT2D eigenvalue weighted by Crippen LogP contribution is -2.56. The van der Waals surface area contributed by atoms with Crippen molar-refractivity contribution in [1.82, 2.24) is 9.80 Å². The molecule has 1 rings (SSSR count). The second kappa shape index (κ2) is 5.97. The summed E-state index contributed by atoms with van der Waals surface area (Å²) in [7, 11) is 5.92. The topological polar surface area (TPSA) is 49.6 Å². The first-order valence-corrected chi connectivity index (χ1v) is 6.90. The van der Waals surface area contributed by atoms with Crippen molar-refractivity contribution in [2.45, 2.75) is 26.2 Å². The molecule has 0 aliphatic heterocycles. The predicted octanol–water partition coefficient (Wildman–Crippen LogP) is 1.10. The summed E-state index contributed by atoms with van der Waals surface area (Å²) in [6, 6.07) is 0. The number of carbonyl (C=O) groups excluding carboxylic acids is 1. The maximum Gasteiger partial charge on any atom is 0.235 e. The SMILES string of the molecule is CC1CC(C(=O)N(C)CCCN(C)C)(C(N)=S)C1. The highest BCUT2D eigenvalue weighted by molar-refractivity contribution is 7.80. The van der Waals surface area contributed by atoms with E-state index in [0.717, 1.165) is 32.4 Å². The van der Waals surface area contributed by atoms with Crippen LogP contribution in [0, 0.1) is 11.3 Å². The first kappa shape index (κ1) is 15.4. The molecule has 104 valence electrons. The Kier molecular flexibility index (Phi) is 5.10. The van der Waals surface area contributed by atoms with E-state index in [1.165, 1.54) is 0 Å². The minimum absolute atomic E-state index is 0.104. The molecule has 1 amide bonds. The maximum absolute atomic E-state index is 12.5. The quantitative estimate of drug-likeness (QED) is 0.735. The molecule has 0 aromatic carbocycles. The number of hydrogen-bond donors (Lipinski definition) is 1. The average Bonchev–Trinajstić information content (AvgIpc) is 2.22. The average molecular weight is 271 g/mol. The van der Waals surface area contributed by atoms with E-state index in [1.807, 2.05) is 21.1 Å². The second-order valence-electron chi connectivity index (χ2n) is 5.84. The number of amides is 1. The van der Waals surface area contributed by atoms with E-state index in [1.54, 1.807) is 4.90 Å². The molecule has 18 heavy (non-hydrogen) atoms. The normalized spacial score (nSPS) is 26.8. The van der Waals surface area contributed by atoms with E-state index in [-0.39, 0.29) is 5.91 Å². The molecule has 1 aliphatic carbocycles. The Morgan fingerprint density at radius 3 is 2.28 bits per heavy atom. The first-order valence-electron chi connectivity index (χ1n) is 6.50. The van der Waals surface area contributed by atoms with E-state index in [4.69, 9.17) is 18.0 Å². The molecule has 5 heteroatoms. The molecule has 0 aromatic heterocycles. The third-order valence-electron chi connectivity index (χ3n) is 3.72. The van der Waals surface area contributed by atoms with Crippen LogP contribution in [0.15, 0.2) is 0 Å². The fourth-order valence-corrected chi connectivity index (χ4v) is 2.96. The fourth-order valence-electron chi connectivity index (χ4n) is 2.70. The zero-order valence-electron chi connectivity index (χ0n) is 11.9. The van der Waals surface area contributed by atoms with Crippen LogP contribution < -0.4 is 5.73 Å². The molecule has 0 radical (unpaired) electrons. The van der Waals surface area contributed by atoms with Gasteiger partial charge in [0.15, 0.2) is 0 Å². The second-order valence-corrected chi connectivity index (χ2v) is 6.28. The van der Waals surface area contributed by atoms with Gasteiger partial charge in [0, 0.05) is 13.6 Å². The number of rotatable bonds is 6. The summed E-state index contributed by atoms with van der Waals surface area (Å²) in [6.07, 6.45) is 2.58. The van der Waals surface area contributed by atoms with Gasteiger partial charge in [-0.3, -0.25) is 4.79 Å². The molecular weight excluding hydrogens is 246 g/mol. The van der Waals surface area contributed by atoms with Crippen LogP contribution in [0.1, 0.15) is 26.2 Å². The van der Waals surface area contributed by atoms with E-state index in [9.17, 15) is 4.79 Å². The number of thiocarbonyl (C=S) groups is 1. The molecule has 1 fully saturated rings. The molecule has 0 spiro atoms. The monoisotopic (exact) mass is 271 g/mol. The number of carbonyl (C=O) groups is 1. The van der Waals surface area contributed by atoms with Gasteiger partial charge in [0.25, 0.3) is 0 Å². The zero-order valence-corrected chi connectivity index (χ0v) is 12.7. The van der Waals surface area contributed by atoms with Crippen LogP contribution in [0.3, 0.4) is 0 Å². The molecule has 0 aromatic rings.